The number of hydrogen-bond acceptors (Lipinski definition) is 17. The number of aromatic amines is 2. The number of alkyl halides is 1. The molecule has 3 aliphatic heterocycles. The normalized spacial score (nSPS) is 37.7. The molecule has 3 fully saturated rings. The zero-order valence-corrected chi connectivity index (χ0v) is 24.7. The summed E-state index contributed by atoms with van der Waals surface area (Å²) >= 11 is 5.15. The lowest BCUT2D eigenvalue weighted by atomic mass is 10.1. The van der Waals surface area contributed by atoms with Crippen molar-refractivity contribution in [2.75, 3.05) is 18.9 Å². The number of fused-ring (bicyclic) bond motifs is 5. The van der Waals surface area contributed by atoms with Crippen LogP contribution in [0.15, 0.2) is 22.2 Å². The Morgan fingerprint density at radius 1 is 1.02 bits per heavy atom. The minimum atomic E-state index is -5.14. The van der Waals surface area contributed by atoms with Gasteiger partial charge >= 0.3 is 14.5 Å². The number of imidazole rings is 1. The summed E-state index contributed by atoms with van der Waals surface area (Å²) in [5, 5.41) is 18.4. The second-order valence-corrected chi connectivity index (χ2v) is 14.1. The number of ether oxygens (including phenoxy) is 2. The predicted molar refractivity (Wildman–Crippen MR) is 145 cm³/mol. The molecule has 242 valence electrons. The molecule has 4 aromatic heterocycles. The van der Waals surface area contributed by atoms with Crippen LogP contribution in [-0.2, 0) is 43.9 Å². The van der Waals surface area contributed by atoms with Gasteiger partial charge in [-0.25, -0.2) is 18.9 Å². The van der Waals surface area contributed by atoms with Crippen LogP contribution in [0.4, 0.5) is 10.3 Å². The molecule has 7 heterocycles. The molecule has 7 N–H and O–H groups in total. The summed E-state index contributed by atoms with van der Waals surface area (Å²) in [6.07, 6.45) is -11.3. The molecule has 0 radical (unpaired) electrons. The first-order valence-electron chi connectivity index (χ1n) is 12.8. The zero-order valence-electron chi connectivity index (χ0n) is 22.1. The molecule has 7 rings (SSSR count). The zero-order chi connectivity index (χ0) is 31.8. The molecule has 10 atom stereocenters. The monoisotopic (exact) mass is 694 g/mol. The Labute approximate surface area is 252 Å². The molecular formula is C19H21FN10O12P2S. The van der Waals surface area contributed by atoms with E-state index in [0.29, 0.717) is 0 Å². The first-order valence-corrected chi connectivity index (χ1v) is 16.9. The molecule has 0 aliphatic carbocycles. The van der Waals surface area contributed by atoms with Gasteiger partial charge in [0.1, 0.15) is 30.5 Å². The number of nitrogens with two attached hydrogens (primary N) is 1. The third-order valence-electron chi connectivity index (χ3n) is 7.13. The van der Waals surface area contributed by atoms with Gasteiger partial charge < -0.3 is 39.6 Å². The molecule has 4 aromatic rings. The highest BCUT2D eigenvalue weighted by Crippen LogP contribution is 2.54. The molecule has 0 saturated carbocycles. The number of aliphatic hydroxyl groups is 1. The first kappa shape index (κ1) is 30.5. The number of phosphoric ester groups is 1. The summed E-state index contributed by atoms with van der Waals surface area (Å²) in [6.45, 7) is -5.94. The minimum Gasteiger partial charge on any atom is -0.387 e. The largest absolute Gasteiger partial charge is 0.472 e. The van der Waals surface area contributed by atoms with Gasteiger partial charge in [0.25, 0.3) is 11.1 Å². The molecule has 45 heavy (non-hydrogen) atoms. The van der Waals surface area contributed by atoms with Crippen LogP contribution in [-0.4, -0.2) is 109 Å². The van der Waals surface area contributed by atoms with Crippen LogP contribution >= 0.6 is 14.5 Å². The van der Waals surface area contributed by atoms with Gasteiger partial charge in [-0.15, -0.1) is 5.10 Å². The standard InChI is InChI=1S/C19H21FN10O12P2S/c20-7-11-6(40-17(7)30-13-9(27-28-30)15(32)23-3-22-13)2-38-44(36,45)42-12-10(31)5(1-37-43(34,35)41-11)39-18(12)29-4-24-8-14(29)25-19(21)26-16(8)33/h3-7,10-12,17-18,31H,1-2H2,(H,34,35)(H,36,45)(H,22,23,32)(H3,21,25,26,33)/t5-,6-,7+,10-,11-,12-,17-,18-,44?/m1/s1. The van der Waals surface area contributed by atoms with Crippen LogP contribution in [0.25, 0.3) is 22.3 Å². The van der Waals surface area contributed by atoms with Gasteiger partial charge in [-0.1, -0.05) is 5.21 Å². The average Bonchev–Trinajstić information content (AvgIpc) is 3.72. The number of hydrogen-bond donors (Lipinski definition) is 6. The number of halogens is 1. The molecule has 2 bridgehead atoms. The summed E-state index contributed by atoms with van der Waals surface area (Å²) in [5.74, 6) is -0.265. The van der Waals surface area contributed by atoms with Gasteiger partial charge in [0.2, 0.25) is 5.95 Å². The van der Waals surface area contributed by atoms with Crippen molar-refractivity contribution >= 4 is 54.6 Å². The lowest BCUT2D eigenvalue weighted by Crippen LogP contribution is -2.35. The van der Waals surface area contributed by atoms with Gasteiger partial charge in [-0.2, -0.15) is 9.67 Å². The summed E-state index contributed by atoms with van der Waals surface area (Å²) in [5.41, 5.74) is 3.68. The van der Waals surface area contributed by atoms with E-state index in [2.05, 4.69) is 35.2 Å². The number of anilines is 1. The maximum atomic E-state index is 15.8. The van der Waals surface area contributed by atoms with Crippen molar-refractivity contribution in [1.82, 2.24) is 44.5 Å². The van der Waals surface area contributed by atoms with E-state index in [4.69, 9.17) is 45.1 Å². The molecule has 3 aliphatic rings. The van der Waals surface area contributed by atoms with Crippen LogP contribution in [0, 0.1) is 0 Å². The Morgan fingerprint density at radius 2 is 1.78 bits per heavy atom. The lowest BCUT2D eigenvalue weighted by Gasteiger charge is -2.27. The second kappa shape index (κ2) is 11.0. The summed E-state index contributed by atoms with van der Waals surface area (Å²) in [7, 11) is -5.14. The van der Waals surface area contributed by atoms with E-state index in [1.165, 1.54) is 4.57 Å². The Hall–Kier alpha value is -3.12. The molecule has 0 spiro atoms. The molecule has 0 aromatic carbocycles. The third-order valence-corrected chi connectivity index (χ3v) is 9.67. The van der Waals surface area contributed by atoms with Gasteiger partial charge in [0.15, 0.2) is 41.0 Å². The highest BCUT2D eigenvalue weighted by molar-refractivity contribution is 8.07. The van der Waals surface area contributed by atoms with Crippen molar-refractivity contribution in [3.63, 3.8) is 0 Å². The van der Waals surface area contributed by atoms with E-state index < -0.39 is 88.0 Å². The van der Waals surface area contributed by atoms with Crippen LogP contribution in [0.3, 0.4) is 0 Å². The Kier molecular flexibility index (Phi) is 7.46. The fourth-order valence-corrected chi connectivity index (χ4v) is 7.49. The minimum absolute atomic E-state index is 0.0904. The summed E-state index contributed by atoms with van der Waals surface area (Å²) in [4.78, 5) is 62.4. The maximum Gasteiger partial charge on any atom is 0.472 e. The number of aliphatic hydroxyl groups excluding tert-OH is 1. The molecule has 0 amide bonds. The van der Waals surface area contributed by atoms with Crippen molar-refractivity contribution in [3.8, 4) is 0 Å². The summed E-state index contributed by atoms with van der Waals surface area (Å²) in [6, 6.07) is 0. The number of nitrogens with one attached hydrogen (secondary N) is 2. The predicted octanol–water partition coefficient (Wildman–Crippen LogP) is -2.14. The molecule has 22 nitrogen and oxygen atoms in total. The van der Waals surface area contributed by atoms with E-state index in [-0.39, 0.29) is 28.3 Å². The van der Waals surface area contributed by atoms with Crippen molar-refractivity contribution in [2.45, 2.75) is 49.1 Å². The lowest BCUT2D eigenvalue weighted by molar-refractivity contribution is -0.0649. The second-order valence-electron chi connectivity index (χ2n) is 9.95. The third kappa shape index (κ3) is 5.41. The molecule has 3 saturated heterocycles. The highest BCUT2D eigenvalue weighted by atomic mass is 32.5. The molecular weight excluding hydrogens is 673 g/mol. The summed E-state index contributed by atoms with van der Waals surface area (Å²) < 4.78 is 63.6. The number of H-pyrrole nitrogens is 2. The van der Waals surface area contributed by atoms with Crippen molar-refractivity contribution in [1.29, 1.82) is 0 Å². The first-order chi connectivity index (χ1) is 21.3. The number of aromatic nitrogens is 9. The number of nitrogens with zero attached hydrogens (tertiary/aromatic N) is 7. The van der Waals surface area contributed by atoms with Crippen LogP contribution in [0.1, 0.15) is 12.5 Å². The quantitative estimate of drug-likeness (QED) is 0.122. The van der Waals surface area contributed by atoms with Gasteiger partial charge in [0, 0.05) is 0 Å². The molecule has 2 unspecified atom stereocenters. The van der Waals surface area contributed by atoms with E-state index >= 15 is 4.39 Å². The van der Waals surface area contributed by atoms with Crippen molar-refractivity contribution in [2.24, 2.45) is 0 Å². The number of phosphoric acid groups is 1. The smallest absolute Gasteiger partial charge is 0.387 e. The number of nitrogen functional groups attached to an aromatic ring is 1. The van der Waals surface area contributed by atoms with Crippen molar-refractivity contribution in [3.05, 3.63) is 33.4 Å². The van der Waals surface area contributed by atoms with E-state index in [0.717, 1.165) is 17.3 Å². The Balaban J connectivity index is 1.21. The van der Waals surface area contributed by atoms with E-state index in [1.807, 2.05) is 0 Å². The van der Waals surface area contributed by atoms with Crippen LogP contribution < -0.4 is 16.9 Å². The Bertz CT molecular complexity index is 2010. The van der Waals surface area contributed by atoms with Gasteiger partial charge in [-0.3, -0.25) is 32.7 Å². The van der Waals surface area contributed by atoms with Gasteiger partial charge in [0.05, 0.1) is 25.9 Å². The van der Waals surface area contributed by atoms with E-state index in [9.17, 15) is 29.0 Å². The fraction of sp³-hybridized carbons (Fsp3) is 0.526. The fourth-order valence-electron chi connectivity index (χ4n) is 5.13. The molecule has 26 heteroatoms. The van der Waals surface area contributed by atoms with Crippen molar-refractivity contribution < 1.29 is 51.4 Å². The van der Waals surface area contributed by atoms with E-state index in [1.54, 1.807) is 0 Å². The van der Waals surface area contributed by atoms with Crippen LogP contribution in [0.2, 0.25) is 0 Å². The average molecular weight is 694 g/mol. The van der Waals surface area contributed by atoms with Gasteiger partial charge in [-0.05, 0) is 11.8 Å². The highest BCUT2D eigenvalue weighted by Gasteiger charge is 2.54. The van der Waals surface area contributed by atoms with Crippen LogP contribution in [0.5, 0.6) is 0 Å². The Morgan fingerprint density at radius 3 is 2.58 bits per heavy atom. The number of rotatable bonds is 2. The topological polar surface area (TPSA) is 299 Å². The SMILES string of the molecule is Nc1nc2c(ncn2[C@@H]2O[C@@H]3COP(=O)(O)O[C@H]4[C@H](F)[C@H](n5nnc6c(=O)[nH]cnc65)O[C@@H]4COP(O)(=S)O[C@@H]2[C@@H]3O)c(=O)[nH]1. The maximum absolute atomic E-state index is 15.8.